The third kappa shape index (κ3) is 2.76. The van der Waals surface area contributed by atoms with Gasteiger partial charge in [-0.2, -0.15) is 0 Å². The van der Waals surface area contributed by atoms with E-state index < -0.39 is 0 Å². The number of rotatable bonds is 1. The van der Waals surface area contributed by atoms with Crippen molar-refractivity contribution in [3.8, 4) is 11.5 Å². The molecule has 1 aliphatic rings. The second-order valence-electron chi connectivity index (χ2n) is 2.99. The summed E-state index contributed by atoms with van der Waals surface area (Å²) in [5.41, 5.74) is 0.688. The van der Waals surface area contributed by atoms with Gasteiger partial charge in [0.05, 0.1) is 6.54 Å². The number of guanidine groups is 1. The van der Waals surface area contributed by atoms with E-state index in [2.05, 4.69) is 15.6 Å². The number of nitrogens with zero attached hydrogens (tertiary/aromatic N) is 1. The minimum Gasteiger partial charge on any atom is -0.504 e. The van der Waals surface area contributed by atoms with Crippen LogP contribution in [0.1, 0.15) is 0 Å². The molecule has 0 spiro atoms. The number of nitrogens with one attached hydrogen (secondary N) is 2. The summed E-state index contributed by atoms with van der Waals surface area (Å²) in [6, 6.07) is 4.53. The van der Waals surface area contributed by atoms with Gasteiger partial charge in [0.25, 0.3) is 0 Å². The lowest BCUT2D eigenvalue weighted by Crippen LogP contribution is -2.26. The highest BCUT2D eigenvalue weighted by Gasteiger charge is 2.06. The molecule has 1 aromatic rings. The maximum atomic E-state index is 9.22. The number of anilines is 1. The lowest BCUT2D eigenvalue weighted by Gasteiger charge is -2.07. The summed E-state index contributed by atoms with van der Waals surface area (Å²) in [4.78, 5) is 4.13. The molecule has 1 heterocycles. The van der Waals surface area contributed by atoms with Crippen LogP contribution in [0.2, 0.25) is 0 Å². The molecule has 1 aliphatic heterocycles. The smallest absolute Gasteiger partial charge is 0.195 e. The molecular weight excluding hydrogens is 262 g/mol. The molecule has 0 fully saturated rings. The fraction of sp³-hybridized carbons (Fsp3) is 0.222. The quantitative estimate of drug-likeness (QED) is 0.456. The SMILES string of the molecule is Br.Oc1ccc(NC2=NCCN2)cc1O. The minimum atomic E-state index is -0.145. The van der Waals surface area contributed by atoms with Crippen LogP contribution in [0.5, 0.6) is 11.5 Å². The lowest BCUT2D eigenvalue weighted by molar-refractivity contribution is 0.404. The molecule has 0 amide bonds. The van der Waals surface area contributed by atoms with Crippen LogP contribution in [-0.2, 0) is 0 Å². The van der Waals surface area contributed by atoms with Crippen LogP contribution in [-0.4, -0.2) is 29.3 Å². The van der Waals surface area contributed by atoms with Crippen LogP contribution in [0.25, 0.3) is 0 Å². The molecule has 0 atom stereocenters. The molecular formula is C9H12BrN3O2. The minimum absolute atomic E-state index is 0. The Morgan fingerprint density at radius 2 is 2.07 bits per heavy atom. The standard InChI is InChI=1S/C9H11N3O2.BrH/c13-7-2-1-6(5-8(7)14)12-9-10-3-4-11-9;/h1-2,5,13-14H,3-4H2,(H2,10,11,12);1H. The van der Waals surface area contributed by atoms with Gasteiger partial charge in [0.1, 0.15) is 0 Å². The molecule has 0 bridgehead atoms. The molecule has 0 radical (unpaired) electrons. The van der Waals surface area contributed by atoms with Gasteiger partial charge in [-0.3, -0.25) is 4.99 Å². The Morgan fingerprint density at radius 3 is 2.67 bits per heavy atom. The van der Waals surface area contributed by atoms with E-state index in [1.165, 1.54) is 12.1 Å². The van der Waals surface area contributed by atoms with E-state index in [0.717, 1.165) is 13.1 Å². The second-order valence-corrected chi connectivity index (χ2v) is 2.99. The van der Waals surface area contributed by atoms with E-state index in [-0.39, 0.29) is 28.5 Å². The molecule has 5 nitrogen and oxygen atoms in total. The Hall–Kier alpha value is -1.43. The molecule has 0 saturated carbocycles. The van der Waals surface area contributed by atoms with Crippen LogP contribution in [0.3, 0.4) is 0 Å². The first-order chi connectivity index (χ1) is 6.75. The molecule has 2 rings (SSSR count). The average Bonchev–Trinajstić information content (AvgIpc) is 2.64. The Balaban J connectivity index is 0.00000112. The number of aliphatic imine (C=N–C) groups is 1. The number of hydrogen-bond donors (Lipinski definition) is 4. The summed E-state index contributed by atoms with van der Waals surface area (Å²) in [6.45, 7) is 1.58. The zero-order valence-corrected chi connectivity index (χ0v) is 9.61. The van der Waals surface area contributed by atoms with Gasteiger partial charge < -0.3 is 20.8 Å². The predicted molar refractivity (Wildman–Crippen MR) is 64.0 cm³/mol. The monoisotopic (exact) mass is 273 g/mol. The number of halogens is 1. The van der Waals surface area contributed by atoms with Crippen LogP contribution in [0, 0.1) is 0 Å². The fourth-order valence-electron chi connectivity index (χ4n) is 1.22. The van der Waals surface area contributed by atoms with Gasteiger partial charge in [-0.15, -0.1) is 17.0 Å². The highest BCUT2D eigenvalue weighted by atomic mass is 79.9. The molecule has 6 heteroatoms. The van der Waals surface area contributed by atoms with E-state index >= 15 is 0 Å². The van der Waals surface area contributed by atoms with Crippen LogP contribution in [0.4, 0.5) is 5.69 Å². The first-order valence-corrected chi connectivity index (χ1v) is 4.33. The van der Waals surface area contributed by atoms with Crippen molar-refractivity contribution in [1.29, 1.82) is 0 Å². The Kier molecular flexibility index (Phi) is 3.79. The summed E-state index contributed by atoms with van der Waals surface area (Å²) in [7, 11) is 0. The van der Waals surface area contributed by atoms with Gasteiger partial charge in [-0.05, 0) is 12.1 Å². The van der Waals surface area contributed by atoms with Crippen molar-refractivity contribution in [2.45, 2.75) is 0 Å². The van der Waals surface area contributed by atoms with Crippen LogP contribution >= 0.6 is 17.0 Å². The molecule has 0 aromatic heterocycles. The maximum Gasteiger partial charge on any atom is 0.195 e. The molecule has 4 N–H and O–H groups in total. The predicted octanol–water partition coefficient (Wildman–Crippen LogP) is 1.05. The van der Waals surface area contributed by atoms with E-state index in [1.54, 1.807) is 6.07 Å². The van der Waals surface area contributed by atoms with Gasteiger partial charge in [0.2, 0.25) is 0 Å². The summed E-state index contributed by atoms with van der Waals surface area (Å²) in [5.74, 6) is 0.417. The Morgan fingerprint density at radius 1 is 1.27 bits per heavy atom. The molecule has 15 heavy (non-hydrogen) atoms. The number of benzene rings is 1. The van der Waals surface area contributed by atoms with Gasteiger partial charge >= 0.3 is 0 Å². The number of aromatic hydroxyl groups is 2. The Bertz CT molecular complexity index is 382. The number of hydrogen-bond acceptors (Lipinski definition) is 5. The van der Waals surface area contributed by atoms with Crippen molar-refractivity contribution in [2.75, 3.05) is 18.4 Å². The summed E-state index contributed by atoms with van der Waals surface area (Å²) in [5, 5.41) is 24.3. The summed E-state index contributed by atoms with van der Waals surface area (Å²) in [6.07, 6.45) is 0. The largest absolute Gasteiger partial charge is 0.504 e. The normalized spacial score (nSPS) is 13.7. The van der Waals surface area contributed by atoms with Crippen LogP contribution < -0.4 is 10.6 Å². The topological polar surface area (TPSA) is 76.9 Å². The number of phenolic OH excluding ortho intramolecular Hbond substituents is 2. The van der Waals surface area contributed by atoms with Crippen molar-refractivity contribution in [1.82, 2.24) is 5.32 Å². The summed E-state index contributed by atoms with van der Waals surface area (Å²) < 4.78 is 0. The summed E-state index contributed by atoms with van der Waals surface area (Å²) >= 11 is 0. The maximum absolute atomic E-state index is 9.22. The first kappa shape index (κ1) is 11.6. The van der Waals surface area contributed by atoms with Crippen molar-refractivity contribution in [3.63, 3.8) is 0 Å². The van der Waals surface area contributed by atoms with Crippen molar-refractivity contribution in [3.05, 3.63) is 18.2 Å². The van der Waals surface area contributed by atoms with E-state index in [9.17, 15) is 5.11 Å². The van der Waals surface area contributed by atoms with Gasteiger partial charge in [0.15, 0.2) is 17.5 Å². The van der Waals surface area contributed by atoms with E-state index in [4.69, 9.17) is 5.11 Å². The molecule has 82 valence electrons. The van der Waals surface area contributed by atoms with E-state index in [0.29, 0.717) is 11.6 Å². The fourth-order valence-corrected chi connectivity index (χ4v) is 1.22. The van der Waals surface area contributed by atoms with Gasteiger partial charge in [-0.25, -0.2) is 0 Å². The van der Waals surface area contributed by atoms with Gasteiger partial charge in [-0.1, -0.05) is 0 Å². The number of phenols is 2. The molecule has 0 aliphatic carbocycles. The highest BCUT2D eigenvalue weighted by molar-refractivity contribution is 8.93. The molecule has 0 saturated heterocycles. The lowest BCUT2D eigenvalue weighted by atomic mass is 10.3. The molecule has 0 unspecified atom stereocenters. The van der Waals surface area contributed by atoms with Crippen molar-refractivity contribution in [2.24, 2.45) is 4.99 Å². The van der Waals surface area contributed by atoms with Crippen molar-refractivity contribution >= 4 is 28.6 Å². The second kappa shape index (κ2) is 4.88. The van der Waals surface area contributed by atoms with Crippen LogP contribution in [0.15, 0.2) is 23.2 Å². The average molecular weight is 274 g/mol. The van der Waals surface area contributed by atoms with E-state index in [1.807, 2.05) is 0 Å². The zero-order chi connectivity index (χ0) is 9.97. The third-order valence-corrected chi connectivity index (χ3v) is 1.91. The Labute approximate surface area is 97.6 Å². The zero-order valence-electron chi connectivity index (χ0n) is 7.90. The highest BCUT2D eigenvalue weighted by Crippen LogP contribution is 2.27. The van der Waals surface area contributed by atoms with Crippen molar-refractivity contribution < 1.29 is 10.2 Å². The van der Waals surface area contributed by atoms with Gasteiger partial charge in [0, 0.05) is 18.3 Å². The molecule has 1 aromatic carbocycles. The third-order valence-electron chi connectivity index (χ3n) is 1.91. The first-order valence-electron chi connectivity index (χ1n) is 4.33.